The fraction of sp³-hybridized carbons (Fsp3) is 1.00. The topological polar surface area (TPSA) is 15.3 Å². The predicted octanol–water partition coefficient (Wildman–Crippen LogP) is 3.95. The fourth-order valence-electron chi connectivity index (χ4n) is 4.51. The van der Waals surface area contributed by atoms with Crippen LogP contribution >= 0.6 is 0 Å². The lowest BCUT2D eigenvalue weighted by Crippen LogP contribution is -2.58. The van der Waals surface area contributed by atoms with Crippen LogP contribution in [0.5, 0.6) is 0 Å². The third-order valence-corrected chi connectivity index (χ3v) is 6.05. The van der Waals surface area contributed by atoms with Crippen LogP contribution in [0.25, 0.3) is 0 Å². The largest absolute Gasteiger partial charge is 0.310 e. The minimum absolute atomic E-state index is 0.444. The van der Waals surface area contributed by atoms with Crippen LogP contribution in [0.3, 0.4) is 0 Å². The van der Waals surface area contributed by atoms with E-state index >= 15 is 0 Å². The van der Waals surface area contributed by atoms with Gasteiger partial charge in [-0.1, -0.05) is 40.0 Å². The van der Waals surface area contributed by atoms with E-state index in [2.05, 4.69) is 31.0 Å². The van der Waals surface area contributed by atoms with E-state index in [1.165, 1.54) is 77.4 Å². The molecule has 0 radical (unpaired) electrons. The zero-order valence-electron chi connectivity index (χ0n) is 13.4. The maximum absolute atomic E-state index is 3.93. The van der Waals surface area contributed by atoms with E-state index in [1.54, 1.807) is 0 Å². The first-order valence-corrected chi connectivity index (χ1v) is 8.70. The van der Waals surface area contributed by atoms with E-state index in [4.69, 9.17) is 0 Å². The molecule has 1 saturated carbocycles. The Morgan fingerprint density at radius 3 is 2.16 bits per heavy atom. The van der Waals surface area contributed by atoms with Gasteiger partial charge < -0.3 is 5.32 Å². The molecule has 1 N–H and O–H groups in total. The molecule has 112 valence electrons. The van der Waals surface area contributed by atoms with E-state index < -0.39 is 0 Å². The Hall–Kier alpha value is -0.0800. The van der Waals surface area contributed by atoms with Crippen molar-refractivity contribution in [1.29, 1.82) is 0 Å². The summed E-state index contributed by atoms with van der Waals surface area (Å²) in [5.74, 6) is 0. The number of hydrogen-bond acceptors (Lipinski definition) is 2. The van der Waals surface area contributed by atoms with Crippen LogP contribution in [0.15, 0.2) is 0 Å². The van der Waals surface area contributed by atoms with Gasteiger partial charge in [0.2, 0.25) is 0 Å². The molecule has 0 amide bonds. The van der Waals surface area contributed by atoms with Gasteiger partial charge in [-0.2, -0.15) is 0 Å². The van der Waals surface area contributed by atoms with Gasteiger partial charge in [0.05, 0.1) is 0 Å². The summed E-state index contributed by atoms with van der Waals surface area (Å²) in [6.07, 6.45) is 12.3. The minimum Gasteiger partial charge on any atom is -0.310 e. The average molecular weight is 266 g/mol. The van der Waals surface area contributed by atoms with Crippen LogP contribution in [0.2, 0.25) is 0 Å². The predicted molar refractivity (Wildman–Crippen MR) is 83.6 cm³/mol. The molecule has 2 rings (SSSR count). The van der Waals surface area contributed by atoms with Crippen molar-refractivity contribution >= 4 is 0 Å². The summed E-state index contributed by atoms with van der Waals surface area (Å²) >= 11 is 0. The lowest BCUT2D eigenvalue weighted by molar-refractivity contribution is 0.0442. The third-order valence-electron chi connectivity index (χ3n) is 6.05. The van der Waals surface area contributed by atoms with Crippen molar-refractivity contribution in [2.45, 2.75) is 89.6 Å². The number of nitrogens with one attached hydrogen (secondary N) is 1. The summed E-state index contributed by atoms with van der Waals surface area (Å²) < 4.78 is 0. The van der Waals surface area contributed by atoms with E-state index in [9.17, 15) is 0 Å². The summed E-state index contributed by atoms with van der Waals surface area (Å²) in [6, 6.07) is 0. The number of nitrogens with zero attached hydrogens (tertiary/aromatic N) is 1. The molecule has 0 unspecified atom stereocenters. The standard InChI is InChI=1S/C17H34N2/c1-4-17(5-2,6-3)19-14-10-13-18-16(15-19)11-8-7-9-12-16/h18H,4-15H2,1-3H3. The van der Waals surface area contributed by atoms with Gasteiger partial charge in [0.25, 0.3) is 0 Å². The van der Waals surface area contributed by atoms with Gasteiger partial charge in [0.1, 0.15) is 0 Å². The smallest absolute Gasteiger partial charge is 0.0309 e. The molecule has 1 heterocycles. The second-order valence-corrected chi connectivity index (χ2v) is 6.83. The van der Waals surface area contributed by atoms with Crippen molar-refractivity contribution in [3.8, 4) is 0 Å². The minimum atomic E-state index is 0.444. The Balaban J connectivity index is 2.15. The van der Waals surface area contributed by atoms with E-state index in [0.717, 1.165) is 0 Å². The zero-order valence-corrected chi connectivity index (χ0v) is 13.4. The van der Waals surface area contributed by atoms with Crippen LogP contribution in [-0.2, 0) is 0 Å². The molecule has 1 aliphatic heterocycles. The van der Waals surface area contributed by atoms with Crippen molar-refractivity contribution in [1.82, 2.24) is 10.2 Å². The molecule has 0 aromatic carbocycles. The maximum atomic E-state index is 3.93. The Kier molecular flexibility index (Phi) is 5.30. The maximum Gasteiger partial charge on any atom is 0.0309 e. The van der Waals surface area contributed by atoms with Gasteiger partial charge >= 0.3 is 0 Å². The average Bonchev–Trinajstić information content (AvgIpc) is 2.66. The van der Waals surface area contributed by atoms with Gasteiger partial charge in [0.15, 0.2) is 0 Å². The number of hydrogen-bond donors (Lipinski definition) is 1. The summed E-state index contributed by atoms with van der Waals surface area (Å²) in [4.78, 5) is 2.86. The molecular formula is C17H34N2. The highest BCUT2D eigenvalue weighted by Crippen LogP contribution is 2.35. The van der Waals surface area contributed by atoms with Crippen molar-refractivity contribution in [2.75, 3.05) is 19.6 Å². The molecule has 2 nitrogen and oxygen atoms in total. The third kappa shape index (κ3) is 3.16. The second-order valence-electron chi connectivity index (χ2n) is 6.83. The monoisotopic (exact) mass is 266 g/mol. The Bertz CT molecular complexity index is 256. The van der Waals surface area contributed by atoms with Crippen LogP contribution in [0.4, 0.5) is 0 Å². The van der Waals surface area contributed by atoms with Gasteiger partial charge in [-0.15, -0.1) is 0 Å². The molecular weight excluding hydrogens is 232 g/mol. The fourth-order valence-corrected chi connectivity index (χ4v) is 4.51. The first kappa shape index (κ1) is 15.3. The number of rotatable bonds is 4. The molecule has 19 heavy (non-hydrogen) atoms. The van der Waals surface area contributed by atoms with Crippen molar-refractivity contribution in [2.24, 2.45) is 0 Å². The first-order chi connectivity index (χ1) is 9.20. The van der Waals surface area contributed by atoms with E-state index in [0.29, 0.717) is 11.1 Å². The Morgan fingerprint density at radius 2 is 1.58 bits per heavy atom. The normalized spacial score (nSPS) is 25.4. The Labute approximate surface area is 120 Å². The van der Waals surface area contributed by atoms with Gasteiger partial charge in [-0.05, 0) is 51.6 Å². The molecule has 2 heteroatoms. The molecule has 0 aromatic heterocycles. The van der Waals surface area contributed by atoms with E-state index in [-0.39, 0.29) is 0 Å². The lowest BCUT2D eigenvalue weighted by atomic mass is 9.79. The molecule has 1 saturated heterocycles. The van der Waals surface area contributed by atoms with Gasteiger partial charge in [-0.3, -0.25) is 4.90 Å². The molecule has 0 atom stereocenters. The first-order valence-electron chi connectivity index (χ1n) is 8.70. The summed E-state index contributed by atoms with van der Waals surface area (Å²) in [6.45, 7) is 11.0. The van der Waals surface area contributed by atoms with Crippen LogP contribution in [-0.4, -0.2) is 35.6 Å². The second kappa shape index (κ2) is 6.58. The van der Waals surface area contributed by atoms with Crippen LogP contribution in [0, 0.1) is 0 Å². The van der Waals surface area contributed by atoms with Crippen molar-refractivity contribution in [3.05, 3.63) is 0 Å². The SMILES string of the molecule is CCC(CC)(CC)N1CCCNC2(CCCCC2)C1. The highest BCUT2D eigenvalue weighted by Gasteiger charge is 2.40. The highest BCUT2D eigenvalue weighted by molar-refractivity contribution is 4.99. The van der Waals surface area contributed by atoms with E-state index in [1.807, 2.05) is 0 Å². The summed E-state index contributed by atoms with van der Waals surface area (Å²) in [5, 5.41) is 3.93. The molecule has 0 aromatic rings. The quantitative estimate of drug-likeness (QED) is 0.829. The molecule has 0 bridgehead atoms. The van der Waals surface area contributed by atoms with Crippen LogP contribution in [0.1, 0.15) is 78.6 Å². The Morgan fingerprint density at radius 1 is 0.947 bits per heavy atom. The van der Waals surface area contributed by atoms with Gasteiger partial charge in [-0.25, -0.2) is 0 Å². The molecule has 2 fully saturated rings. The van der Waals surface area contributed by atoms with Gasteiger partial charge in [0, 0.05) is 17.6 Å². The highest BCUT2D eigenvalue weighted by atomic mass is 15.2. The molecule has 1 aliphatic carbocycles. The van der Waals surface area contributed by atoms with Crippen molar-refractivity contribution < 1.29 is 0 Å². The lowest BCUT2D eigenvalue weighted by Gasteiger charge is -2.48. The summed E-state index contributed by atoms with van der Waals surface area (Å²) in [7, 11) is 0. The zero-order chi connectivity index (χ0) is 13.8. The molecule has 1 spiro atoms. The van der Waals surface area contributed by atoms with Crippen molar-refractivity contribution in [3.63, 3.8) is 0 Å². The molecule has 2 aliphatic rings. The summed E-state index contributed by atoms with van der Waals surface area (Å²) in [5.41, 5.74) is 0.899. The van der Waals surface area contributed by atoms with Crippen LogP contribution < -0.4 is 5.32 Å².